The summed E-state index contributed by atoms with van der Waals surface area (Å²) in [4.78, 5) is 59.7. The van der Waals surface area contributed by atoms with Crippen molar-refractivity contribution >= 4 is 45.9 Å². The molecule has 2 aliphatic heterocycles. The van der Waals surface area contributed by atoms with Crippen molar-refractivity contribution in [2.45, 2.75) is 50.6 Å². The van der Waals surface area contributed by atoms with Crippen LogP contribution in [0.15, 0.2) is 109 Å². The third-order valence-corrected chi connectivity index (χ3v) is 9.48. The highest BCUT2D eigenvalue weighted by atomic mass is 16.2. The monoisotopic (exact) mass is 653 g/mol. The lowest BCUT2D eigenvalue weighted by atomic mass is 10.1. The first-order valence-electron chi connectivity index (χ1n) is 16.9. The van der Waals surface area contributed by atoms with Crippen molar-refractivity contribution in [2.75, 3.05) is 23.7 Å². The Kier molecular flexibility index (Phi) is 9.23. The molecular weight excluding hydrogens is 614 g/mol. The second-order valence-corrected chi connectivity index (χ2v) is 12.9. The molecule has 2 atom stereocenters. The SMILES string of the molecule is O=C(Nc1cccc(-c2cc3cc(NC(=O)[C@@H]4CCCN4C(=O)Cc4ccccc4)ccc3[nH]2)c1)[C@H]1CCCN1C(=O)Cc1ccccc1. The van der Waals surface area contributed by atoms with E-state index in [2.05, 4.69) is 15.6 Å². The van der Waals surface area contributed by atoms with Gasteiger partial charge >= 0.3 is 0 Å². The molecule has 4 amide bonds. The van der Waals surface area contributed by atoms with E-state index in [1.165, 1.54) is 0 Å². The number of nitrogens with one attached hydrogen (secondary N) is 3. The Bertz CT molecular complexity index is 1990. The summed E-state index contributed by atoms with van der Waals surface area (Å²) < 4.78 is 0. The number of aromatic nitrogens is 1. The molecule has 248 valence electrons. The molecule has 0 radical (unpaired) electrons. The number of hydrogen-bond donors (Lipinski definition) is 3. The molecule has 0 bridgehead atoms. The lowest BCUT2D eigenvalue weighted by molar-refractivity contribution is -0.136. The fraction of sp³-hybridized carbons (Fsp3) is 0.250. The second-order valence-electron chi connectivity index (χ2n) is 12.9. The number of hydrogen-bond acceptors (Lipinski definition) is 4. The average Bonchev–Trinajstić information content (AvgIpc) is 3.89. The van der Waals surface area contributed by atoms with Gasteiger partial charge in [0.05, 0.1) is 12.8 Å². The molecule has 0 unspecified atom stereocenters. The molecule has 9 nitrogen and oxygen atoms in total. The zero-order chi connectivity index (χ0) is 33.7. The van der Waals surface area contributed by atoms with E-state index in [4.69, 9.17) is 0 Å². The van der Waals surface area contributed by atoms with Crippen molar-refractivity contribution < 1.29 is 19.2 Å². The summed E-state index contributed by atoms with van der Waals surface area (Å²) in [6, 6.07) is 33.5. The van der Waals surface area contributed by atoms with Gasteiger partial charge in [-0.3, -0.25) is 19.2 Å². The Hall–Kier alpha value is -5.70. The van der Waals surface area contributed by atoms with E-state index in [0.717, 1.165) is 46.1 Å². The first kappa shape index (κ1) is 31.9. The largest absolute Gasteiger partial charge is 0.355 e. The minimum atomic E-state index is -0.500. The lowest BCUT2D eigenvalue weighted by Crippen LogP contribution is -2.43. The van der Waals surface area contributed by atoms with Crippen LogP contribution in [-0.4, -0.2) is 63.6 Å². The molecule has 0 saturated carbocycles. The second kappa shape index (κ2) is 14.2. The van der Waals surface area contributed by atoms with Crippen LogP contribution in [0.4, 0.5) is 11.4 Å². The van der Waals surface area contributed by atoms with Crippen molar-refractivity contribution in [1.82, 2.24) is 14.8 Å². The Morgan fingerprint density at radius 3 is 1.73 bits per heavy atom. The van der Waals surface area contributed by atoms with Gasteiger partial charge in [0.1, 0.15) is 12.1 Å². The third kappa shape index (κ3) is 7.26. The molecule has 0 aliphatic carbocycles. The van der Waals surface area contributed by atoms with Gasteiger partial charge in [-0.25, -0.2) is 0 Å². The maximum Gasteiger partial charge on any atom is 0.247 e. The number of benzene rings is 4. The van der Waals surface area contributed by atoms with Gasteiger partial charge in [0, 0.05) is 46.6 Å². The highest BCUT2D eigenvalue weighted by Crippen LogP contribution is 2.29. The predicted molar refractivity (Wildman–Crippen MR) is 191 cm³/mol. The molecule has 5 aromatic rings. The topological polar surface area (TPSA) is 115 Å². The molecular formula is C40H39N5O4. The normalized spacial score (nSPS) is 17.3. The molecule has 1 aromatic heterocycles. The fourth-order valence-corrected chi connectivity index (χ4v) is 7.00. The van der Waals surface area contributed by atoms with Crippen LogP contribution in [0.25, 0.3) is 22.2 Å². The van der Waals surface area contributed by atoms with E-state index < -0.39 is 12.1 Å². The Morgan fingerprint density at radius 1 is 0.612 bits per heavy atom. The van der Waals surface area contributed by atoms with Crippen molar-refractivity contribution in [3.8, 4) is 11.3 Å². The van der Waals surface area contributed by atoms with E-state index in [1.54, 1.807) is 9.80 Å². The number of nitrogens with zero attached hydrogens (tertiary/aromatic N) is 2. The summed E-state index contributed by atoms with van der Waals surface area (Å²) in [7, 11) is 0. The van der Waals surface area contributed by atoms with Crippen molar-refractivity contribution in [3.05, 3.63) is 120 Å². The van der Waals surface area contributed by atoms with Gasteiger partial charge < -0.3 is 25.4 Å². The van der Waals surface area contributed by atoms with E-state index in [-0.39, 0.29) is 36.5 Å². The number of H-pyrrole nitrogens is 1. The van der Waals surface area contributed by atoms with E-state index in [1.807, 2.05) is 109 Å². The van der Waals surface area contributed by atoms with Crippen LogP contribution in [0.1, 0.15) is 36.8 Å². The average molecular weight is 654 g/mol. The summed E-state index contributed by atoms with van der Waals surface area (Å²) in [5, 5.41) is 6.99. The Labute approximate surface area is 285 Å². The maximum atomic E-state index is 13.4. The van der Waals surface area contributed by atoms with Crippen LogP contribution in [-0.2, 0) is 32.0 Å². The van der Waals surface area contributed by atoms with Crippen LogP contribution < -0.4 is 10.6 Å². The maximum absolute atomic E-state index is 13.4. The summed E-state index contributed by atoms with van der Waals surface area (Å²) in [6.45, 7) is 1.15. The third-order valence-electron chi connectivity index (χ3n) is 9.48. The Morgan fingerprint density at radius 2 is 1.16 bits per heavy atom. The highest BCUT2D eigenvalue weighted by Gasteiger charge is 2.35. The van der Waals surface area contributed by atoms with Gasteiger partial charge in [0.15, 0.2) is 0 Å². The number of anilines is 2. The van der Waals surface area contributed by atoms with Crippen LogP contribution in [0.3, 0.4) is 0 Å². The highest BCUT2D eigenvalue weighted by molar-refractivity contribution is 6.00. The smallest absolute Gasteiger partial charge is 0.247 e. The number of rotatable bonds is 9. The van der Waals surface area contributed by atoms with Gasteiger partial charge in [-0.05, 0) is 73.2 Å². The summed E-state index contributed by atoms with van der Waals surface area (Å²) >= 11 is 0. The number of likely N-dealkylation sites (tertiary alicyclic amines) is 2. The predicted octanol–water partition coefficient (Wildman–Crippen LogP) is 6.18. The van der Waals surface area contributed by atoms with E-state index >= 15 is 0 Å². The summed E-state index contributed by atoms with van der Waals surface area (Å²) in [6.07, 6.45) is 3.42. The minimum absolute atomic E-state index is 0.0369. The van der Waals surface area contributed by atoms with Crippen molar-refractivity contribution in [1.29, 1.82) is 0 Å². The van der Waals surface area contributed by atoms with Gasteiger partial charge in [0.2, 0.25) is 23.6 Å². The van der Waals surface area contributed by atoms with Crippen LogP contribution in [0.2, 0.25) is 0 Å². The number of fused-ring (bicyclic) bond motifs is 1. The molecule has 3 N–H and O–H groups in total. The van der Waals surface area contributed by atoms with Gasteiger partial charge in [-0.15, -0.1) is 0 Å². The Balaban J connectivity index is 0.997. The molecule has 0 spiro atoms. The lowest BCUT2D eigenvalue weighted by Gasteiger charge is -2.24. The van der Waals surface area contributed by atoms with Crippen molar-refractivity contribution in [2.24, 2.45) is 0 Å². The van der Waals surface area contributed by atoms with Gasteiger partial charge in [-0.2, -0.15) is 0 Å². The van der Waals surface area contributed by atoms with Gasteiger partial charge in [-0.1, -0.05) is 72.8 Å². The standard InChI is InChI=1S/C40H39N5O4/c46-37(22-27-10-3-1-4-11-27)44-20-8-16-35(44)39(48)41-31-15-7-14-29(24-31)34-26-30-25-32(18-19-33(30)43-34)42-40(49)36-17-9-21-45(36)38(47)23-28-12-5-2-6-13-28/h1-7,10-15,18-19,24-26,35-36,43H,8-9,16-17,20-23H2,(H,41,48)(H,42,49)/t35-,36+/m1/s1. The zero-order valence-electron chi connectivity index (χ0n) is 27.2. The van der Waals surface area contributed by atoms with Crippen molar-refractivity contribution in [3.63, 3.8) is 0 Å². The van der Waals surface area contributed by atoms with Crippen LogP contribution in [0.5, 0.6) is 0 Å². The minimum Gasteiger partial charge on any atom is -0.355 e. The number of amides is 4. The molecule has 2 saturated heterocycles. The molecule has 2 fully saturated rings. The molecule has 7 rings (SSSR count). The van der Waals surface area contributed by atoms with Crippen LogP contribution >= 0.6 is 0 Å². The summed E-state index contributed by atoms with van der Waals surface area (Å²) in [5.74, 6) is -0.441. The van der Waals surface area contributed by atoms with Crippen LogP contribution in [0, 0.1) is 0 Å². The molecule has 49 heavy (non-hydrogen) atoms. The molecule has 4 aromatic carbocycles. The zero-order valence-corrected chi connectivity index (χ0v) is 27.2. The quantitative estimate of drug-likeness (QED) is 0.176. The fourth-order valence-electron chi connectivity index (χ4n) is 7.00. The summed E-state index contributed by atoms with van der Waals surface area (Å²) in [5.41, 5.74) is 5.85. The molecule has 3 heterocycles. The first-order chi connectivity index (χ1) is 23.9. The first-order valence-corrected chi connectivity index (χ1v) is 16.9. The van der Waals surface area contributed by atoms with Gasteiger partial charge in [0.25, 0.3) is 0 Å². The number of carbonyl (C=O) groups is 4. The molecule has 2 aliphatic rings. The van der Waals surface area contributed by atoms with E-state index in [9.17, 15) is 19.2 Å². The number of carbonyl (C=O) groups excluding carboxylic acids is 4. The van der Waals surface area contributed by atoms with E-state index in [0.29, 0.717) is 37.3 Å². The number of aromatic amines is 1. The molecule has 9 heteroatoms.